The number of anilines is 1. The molecule has 1 amide bonds. The molecule has 2 fully saturated rings. The van der Waals surface area contributed by atoms with Crippen LogP contribution in [0.4, 0.5) is 5.69 Å². The number of morpholine rings is 1. The first kappa shape index (κ1) is 19.3. The molecule has 2 atom stereocenters. The highest BCUT2D eigenvalue weighted by atomic mass is 32.2. The molecule has 1 aromatic carbocycles. The van der Waals surface area contributed by atoms with Gasteiger partial charge in [-0.25, -0.2) is 12.7 Å². The van der Waals surface area contributed by atoms with Gasteiger partial charge >= 0.3 is 0 Å². The summed E-state index contributed by atoms with van der Waals surface area (Å²) in [4.78, 5) is 14.9. The predicted octanol–water partition coefficient (Wildman–Crippen LogP) is 1.52. The molecule has 0 radical (unpaired) electrons. The molecule has 3 rings (SSSR count). The Bertz CT molecular complexity index is 749. The van der Waals surface area contributed by atoms with Crippen molar-refractivity contribution in [1.29, 1.82) is 0 Å². The molecule has 1 saturated carbocycles. The van der Waals surface area contributed by atoms with Crippen molar-refractivity contribution in [2.45, 2.75) is 42.7 Å². The average Bonchev–Trinajstić information content (AvgIpc) is 2.62. The number of nitrogens with one attached hydrogen (secondary N) is 1. The number of hydrogen-bond acceptors (Lipinski definition) is 5. The molecule has 1 aliphatic carbocycles. The molecule has 8 heteroatoms. The summed E-state index contributed by atoms with van der Waals surface area (Å²) in [6.45, 7) is 1.71. The number of carbonyl (C=O) groups excluding carboxylic acids is 1. The van der Waals surface area contributed by atoms with E-state index in [1.165, 1.54) is 39.1 Å². The molecule has 1 aliphatic heterocycles. The van der Waals surface area contributed by atoms with Crippen molar-refractivity contribution < 1.29 is 17.9 Å². The molecule has 0 aromatic heterocycles. The second kappa shape index (κ2) is 8.04. The van der Waals surface area contributed by atoms with E-state index >= 15 is 0 Å². The van der Waals surface area contributed by atoms with Crippen LogP contribution in [0.5, 0.6) is 0 Å². The van der Waals surface area contributed by atoms with Gasteiger partial charge in [0.25, 0.3) is 0 Å². The quantitative estimate of drug-likeness (QED) is 0.837. The fraction of sp³-hybridized carbons (Fsp3) is 0.611. The first-order chi connectivity index (χ1) is 12.4. The zero-order valence-electron chi connectivity index (χ0n) is 15.3. The third-order valence-corrected chi connectivity index (χ3v) is 6.90. The van der Waals surface area contributed by atoms with Crippen molar-refractivity contribution >= 4 is 21.6 Å². The summed E-state index contributed by atoms with van der Waals surface area (Å²) in [5.74, 6) is -0.129. The molecule has 1 aromatic rings. The lowest BCUT2D eigenvalue weighted by Gasteiger charge is -2.43. The van der Waals surface area contributed by atoms with Crippen molar-refractivity contribution in [2.24, 2.45) is 0 Å². The Balaban J connectivity index is 1.65. The lowest BCUT2D eigenvalue weighted by atomic mass is 9.90. The summed E-state index contributed by atoms with van der Waals surface area (Å²) in [5, 5.41) is 2.83. The van der Waals surface area contributed by atoms with Gasteiger partial charge < -0.3 is 10.1 Å². The van der Waals surface area contributed by atoms with Gasteiger partial charge in [-0.05, 0) is 31.0 Å². The highest BCUT2D eigenvalue weighted by Crippen LogP contribution is 2.28. The topological polar surface area (TPSA) is 79.0 Å². The monoisotopic (exact) mass is 381 g/mol. The molecule has 1 heterocycles. The van der Waals surface area contributed by atoms with E-state index < -0.39 is 10.0 Å². The normalized spacial score (nSPS) is 24.3. The van der Waals surface area contributed by atoms with E-state index in [2.05, 4.69) is 10.2 Å². The van der Waals surface area contributed by atoms with Gasteiger partial charge in [0, 0.05) is 32.4 Å². The number of amides is 1. The summed E-state index contributed by atoms with van der Waals surface area (Å²) >= 11 is 0. The van der Waals surface area contributed by atoms with Gasteiger partial charge in [-0.1, -0.05) is 18.9 Å². The fourth-order valence-electron chi connectivity index (χ4n) is 3.70. The van der Waals surface area contributed by atoms with Gasteiger partial charge in [-0.3, -0.25) is 9.69 Å². The van der Waals surface area contributed by atoms with Gasteiger partial charge in [0.1, 0.15) is 0 Å². The Kier molecular flexibility index (Phi) is 5.96. The van der Waals surface area contributed by atoms with Gasteiger partial charge in [0.05, 0.1) is 24.2 Å². The second-order valence-electron chi connectivity index (χ2n) is 7.09. The molecule has 2 aliphatic rings. The van der Waals surface area contributed by atoms with Crippen molar-refractivity contribution in [3.8, 4) is 0 Å². The van der Waals surface area contributed by atoms with Gasteiger partial charge in [-0.2, -0.15) is 0 Å². The number of carbonyl (C=O) groups is 1. The highest BCUT2D eigenvalue weighted by Gasteiger charge is 2.34. The third kappa shape index (κ3) is 4.25. The summed E-state index contributed by atoms with van der Waals surface area (Å²) < 4.78 is 31.5. The molecule has 144 valence electrons. The Hall–Kier alpha value is -1.48. The highest BCUT2D eigenvalue weighted by molar-refractivity contribution is 7.89. The lowest BCUT2D eigenvalue weighted by Crippen LogP contribution is -2.54. The van der Waals surface area contributed by atoms with Crippen LogP contribution in [-0.4, -0.2) is 69.5 Å². The zero-order valence-corrected chi connectivity index (χ0v) is 16.2. The number of hydrogen-bond donors (Lipinski definition) is 1. The molecule has 2 unspecified atom stereocenters. The van der Waals surface area contributed by atoms with E-state index in [-0.39, 0.29) is 16.9 Å². The number of sulfonamides is 1. The third-order valence-electron chi connectivity index (χ3n) is 5.09. The van der Waals surface area contributed by atoms with Crippen molar-refractivity contribution in [3.05, 3.63) is 24.3 Å². The van der Waals surface area contributed by atoms with Gasteiger partial charge in [0.15, 0.2) is 0 Å². The van der Waals surface area contributed by atoms with Crippen LogP contribution in [0.25, 0.3) is 0 Å². The molecule has 0 spiro atoms. The van der Waals surface area contributed by atoms with Crippen LogP contribution < -0.4 is 5.32 Å². The molecule has 0 bridgehead atoms. The van der Waals surface area contributed by atoms with Crippen LogP contribution in [0.1, 0.15) is 25.7 Å². The number of fused-ring (bicyclic) bond motifs is 1. The maximum atomic E-state index is 12.5. The zero-order chi connectivity index (χ0) is 18.7. The smallest absolute Gasteiger partial charge is 0.242 e. The second-order valence-corrected chi connectivity index (χ2v) is 9.25. The van der Waals surface area contributed by atoms with E-state index in [1.807, 2.05) is 0 Å². The maximum Gasteiger partial charge on any atom is 0.242 e. The largest absolute Gasteiger partial charge is 0.375 e. The Morgan fingerprint density at radius 1 is 1.31 bits per heavy atom. The SMILES string of the molecule is CN(C)S(=O)(=O)c1cccc(NC(=O)CN2CCOC3CCCCC32)c1. The number of ether oxygens (including phenoxy) is 1. The molecular weight excluding hydrogens is 354 g/mol. The molecule has 1 saturated heterocycles. The van der Waals surface area contributed by atoms with E-state index in [4.69, 9.17) is 4.74 Å². The summed E-state index contributed by atoms with van der Waals surface area (Å²) in [6, 6.07) is 6.67. The lowest BCUT2D eigenvalue weighted by molar-refractivity contribution is -0.124. The minimum Gasteiger partial charge on any atom is -0.375 e. The van der Waals surface area contributed by atoms with Crippen LogP contribution in [0.15, 0.2) is 29.2 Å². The number of nitrogens with zero attached hydrogens (tertiary/aromatic N) is 2. The molecule has 7 nitrogen and oxygen atoms in total. The average molecular weight is 381 g/mol. The maximum absolute atomic E-state index is 12.5. The number of benzene rings is 1. The summed E-state index contributed by atoms with van der Waals surface area (Å²) in [5.41, 5.74) is 0.492. The predicted molar refractivity (Wildman–Crippen MR) is 99.5 cm³/mol. The minimum absolute atomic E-state index is 0.129. The van der Waals surface area contributed by atoms with Gasteiger partial charge in [-0.15, -0.1) is 0 Å². The van der Waals surface area contributed by atoms with E-state index in [0.717, 1.165) is 23.7 Å². The molecule has 26 heavy (non-hydrogen) atoms. The summed E-state index contributed by atoms with van der Waals surface area (Å²) in [7, 11) is -0.552. The van der Waals surface area contributed by atoms with Gasteiger partial charge in [0.2, 0.25) is 15.9 Å². The van der Waals surface area contributed by atoms with Crippen LogP contribution >= 0.6 is 0 Å². The Morgan fingerprint density at radius 3 is 2.85 bits per heavy atom. The van der Waals surface area contributed by atoms with Crippen LogP contribution in [-0.2, 0) is 19.6 Å². The van der Waals surface area contributed by atoms with Crippen LogP contribution in [0.3, 0.4) is 0 Å². The summed E-state index contributed by atoms with van der Waals surface area (Å²) in [6.07, 6.45) is 4.72. The van der Waals surface area contributed by atoms with E-state index in [0.29, 0.717) is 24.9 Å². The number of rotatable bonds is 5. The standard InChI is InChI=1S/C18H27N3O4S/c1-20(2)26(23,24)15-7-5-6-14(12-15)19-18(22)13-21-10-11-25-17-9-4-3-8-16(17)21/h5-7,12,16-17H,3-4,8-11,13H2,1-2H3,(H,19,22). The first-order valence-corrected chi connectivity index (χ1v) is 10.5. The Morgan fingerprint density at radius 2 is 2.08 bits per heavy atom. The first-order valence-electron chi connectivity index (χ1n) is 9.06. The minimum atomic E-state index is -3.52. The van der Waals surface area contributed by atoms with Crippen LogP contribution in [0.2, 0.25) is 0 Å². The van der Waals surface area contributed by atoms with E-state index in [9.17, 15) is 13.2 Å². The molecule has 1 N–H and O–H groups in total. The van der Waals surface area contributed by atoms with E-state index in [1.54, 1.807) is 12.1 Å². The van der Waals surface area contributed by atoms with Crippen molar-refractivity contribution in [1.82, 2.24) is 9.21 Å². The van der Waals surface area contributed by atoms with Crippen molar-refractivity contribution in [3.63, 3.8) is 0 Å². The fourth-order valence-corrected chi connectivity index (χ4v) is 4.65. The molecular formula is C18H27N3O4S. The Labute approximate surface area is 155 Å². The van der Waals surface area contributed by atoms with Crippen LogP contribution in [0, 0.1) is 0 Å². The van der Waals surface area contributed by atoms with Crippen molar-refractivity contribution in [2.75, 3.05) is 39.1 Å².